The fourth-order valence-corrected chi connectivity index (χ4v) is 2.99. The molecule has 2 aromatic carbocycles. The van der Waals surface area contributed by atoms with E-state index in [1.54, 1.807) is 30.3 Å². The predicted molar refractivity (Wildman–Crippen MR) is 85.5 cm³/mol. The number of sulfone groups is 1. The first kappa shape index (κ1) is 12.6. The smallest absolute Gasteiger partial charge is 0.175 e. The summed E-state index contributed by atoms with van der Waals surface area (Å²) in [5, 5.41) is 0.504. The molecule has 122 valence electrons. The lowest BCUT2D eigenvalue weighted by Gasteiger charge is -2.15. The average molecular weight is 338 g/mol. The maximum absolute atomic E-state index is 13.8. The second-order valence-corrected chi connectivity index (χ2v) is 7.26. The zero-order chi connectivity index (χ0) is 19.2. The van der Waals surface area contributed by atoms with Crippen molar-refractivity contribution >= 4 is 9.84 Å². The fraction of sp³-hybridized carbons (Fsp3) is 0.294. The Labute approximate surface area is 139 Å². The largest absolute Gasteiger partial charge is 0.349 e. The molecule has 0 amide bonds. The van der Waals surface area contributed by atoms with Crippen LogP contribution in [-0.2, 0) is 14.6 Å². The minimum Gasteiger partial charge on any atom is -0.349 e. The van der Waals surface area contributed by atoms with Gasteiger partial charge in [0.1, 0.15) is 20.4 Å². The second kappa shape index (κ2) is 6.39. The standard InChI is InChI=1S/C17H18FNO3S/c1-23(20,21)14-9-7-12(8-10-14)16-15(11-18)19-17(22-16)13-5-3-2-4-6-13/h2-10,15-17,19H,11H2,1H3/t15-,16-,17?/m1/s1/i15D,17D/hD. The van der Waals surface area contributed by atoms with E-state index in [9.17, 15) is 12.8 Å². The molecular weight excluding hydrogens is 317 g/mol. The van der Waals surface area contributed by atoms with Crippen molar-refractivity contribution in [2.75, 3.05) is 12.9 Å². The Bertz CT molecular complexity index is 897. The second-order valence-electron chi connectivity index (χ2n) is 5.25. The highest BCUT2D eigenvalue weighted by molar-refractivity contribution is 7.90. The van der Waals surface area contributed by atoms with Gasteiger partial charge in [0.15, 0.2) is 9.84 Å². The van der Waals surface area contributed by atoms with Crippen LogP contribution in [0.25, 0.3) is 0 Å². The summed E-state index contributed by atoms with van der Waals surface area (Å²) in [6.45, 7) is -1.23. The number of rotatable bonds is 4. The highest BCUT2D eigenvalue weighted by atomic mass is 32.2. The third-order valence-corrected chi connectivity index (χ3v) is 4.67. The normalized spacial score (nSPS) is 33.8. The van der Waals surface area contributed by atoms with Gasteiger partial charge in [-0.2, -0.15) is 0 Å². The van der Waals surface area contributed by atoms with Gasteiger partial charge < -0.3 is 4.74 Å². The van der Waals surface area contributed by atoms with Crippen LogP contribution in [-0.4, -0.2) is 27.4 Å². The molecule has 1 N–H and O–H groups in total. The number of hydrogen-bond donors (Lipinski definition) is 1. The van der Waals surface area contributed by atoms with Gasteiger partial charge in [-0.25, -0.2) is 12.8 Å². The van der Waals surface area contributed by atoms with Crippen molar-refractivity contribution in [3.05, 3.63) is 65.7 Å². The number of benzene rings is 2. The topological polar surface area (TPSA) is 55.4 Å². The third-order valence-electron chi connectivity index (χ3n) is 3.55. The zero-order valence-corrected chi connectivity index (χ0v) is 13.3. The van der Waals surface area contributed by atoms with Gasteiger partial charge >= 0.3 is 0 Å². The van der Waals surface area contributed by atoms with E-state index in [1.165, 1.54) is 24.3 Å². The molecule has 0 bridgehead atoms. The Kier molecular flexibility index (Phi) is 3.51. The van der Waals surface area contributed by atoms with Gasteiger partial charge in [-0.1, -0.05) is 42.5 Å². The molecule has 1 unspecified atom stereocenters. The van der Waals surface area contributed by atoms with Crippen molar-refractivity contribution in [3.8, 4) is 0 Å². The van der Waals surface area contributed by atoms with E-state index in [4.69, 9.17) is 8.89 Å². The van der Waals surface area contributed by atoms with Crippen LogP contribution < -0.4 is 5.31 Å². The Morgan fingerprint density at radius 2 is 1.83 bits per heavy atom. The molecule has 1 saturated heterocycles. The molecule has 0 radical (unpaired) electrons. The zero-order valence-electron chi connectivity index (χ0n) is 15.4. The van der Waals surface area contributed by atoms with E-state index >= 15 is 0 Å². The van der Waals surface area contributed by atoms with Gasteiger partial charge in [0.05, 0.1) is 13.7 Å². The molecule has 1 aliphatic rings. The lowest BCUT2D eigenvalue weighted by Crippen LogP contribution is -2.29. The van der Waals surface area contributed by atoms with E-state index < -0.39 is 34.8 Å². The lowest BCUT2D eigenvalue weighted by atomic mass is 10.0. The van der Waals surface area contributed by atoms with Gasteiger partial charge in [-0.3, -0.25) is 5.31 Å². The van der Waals surface area contributed by atoms with Crippen molar-refractivity contribution in [2.24, 2.45) is 0 Å². The molecule has 1 fully saturated rings. The Hall–Kier alpha value is -1.76. The predicted octanol–water partition coefficient (Wildman–Crippen LogP) is 2.79. The highest BCUT2D eigenvalue weighted by Crippen LogP contribution is 2.35. The molecule has 23 heavy (non-hydrogen) atoms. The van der Waals surface area contributed by atoms with E-state index in [-0.39, 0.29) is 4.90 Å². The summed E-state index contributed by atoms with van der Waals surface area (Å²) in [5.74, 6) is 0. The molecule has 6 heteroatoms. The first-order valence-corrected chi connectivity index (χ1v) is 8.90. The summed E-state index contributed by atoms with van der Waals surface area (Å²) in [6.07, 6.45) is -2.23. The number of hydrogen-bond acceptors (Lipinski definition) is 4. The minimum atomic E-state index is -3.40. The molecule has 3 atom stereocenters. The minimum absolute atomic E-state index is 0.0815. The molecule has 0 saturated carbocycles. The molecule has 0 aromatic heterocycles. The molecule has 4 nitrogen and oxygen atoms in total. The summed E-state index contributed by atoms with van der Waals surface area (Å²) in [7, 11) is -3.40. The fourth-order valence-electron chi connectivity index (χ4n) is 2.36. The average Bonchev–Trinajstić information content (AvgIpc) is 2.85. The van der Waals surface area contributed by atoms with Gasteiger partial charge in [0, 0.05) is 6.26 Å². The maximum atomic E-state index is 13.8. The van der Waals surface area contributed by atoms with Crippen molar-refractivity contribution in [1.29, 1.82) is 0 Å². The van der Waals surface area contributed by atoms with E-state index in [0.29, 0.717) is 16.4 Å². The van der Waals surface area contributed by atoms with Crippen molar-refractivity contribution in [1.82, 2.24) is 5.31 Å². The summed E-state index contributed by atoms with van der Waals surface area (Å²) in [4.78, 5) is 0.0815. The van der Waals surface area contributed by atoms with Crippen LogP contribution in [0.2, 0.25) is 1.41 Å². The molecule has 2 aromatic rings. The summed E-state index contributed by atoms with van der Waals surface area (Å²) in [6, 6.07) is 11.6. The maximum Gasteiger partial charge on any atom is 0.175 e. The van der Waals surface area contributed by atoms with Crippen LogP contribution in [0.15, 0.2) is 59.5 Å². The van der Waals surface area contributed by atoms with Crippen LogP contribution in [0.5, 0.6) is 0 Å². The van der Waals surface area contributed by atoms with Crippen LogP contribution >= 0.6 is 0 Å². The monoisotopic (exact) mass is 338 g/mol. The van der Waals surface area contributed by atoms with E-state index in [2.05, 4.69) is 0 Å². The quantitative estimate of drug-likeness (QED) is 0.931. The van der Waals surface area contributed by atoms with E-state index in [0.717, 1.165) is 6.26 Å². The molecular formula is C17H18FNO3S. The van der Waals surface area contributed by atoms with Gasteiger partial charge in [-0.15, -0.1) is 0 Å². The van der Waals surface area contributed by atoms with Crippen molar-refractivity contribution < 1.29 is 21.7 Å². The van der Waals surface area contributed by atoms with Gasteiger partial charge in [0.25, 0.3) is 0 Å². The number of ether oxygens (including phenoxy) is 1. The van der Waals surface area contributed by atoms with Crippen LogP contribution in [0, 0.1) is 0 Å². The highest BCUT2D eigenvalue weighted by Gasteiger charge is 2.36. The van der Waals surface area contributed by atoms with Crippen molar-refractivity contribution in [2.45, 2.75) is 23.2 Å². The third kappa shape index (κ3) is 3.44. The Morgan fingerprint density at radius 3 is 2.39 bits per heavy atom. The number of halogens is 1. The van der Waals surface area contributed by atoms with Crippen LogP contribution in [0.3, 0.4) is 0 Å². The summed E-state index contributed by atoms with van der Waals surface area (Å²) in [5.41, 5.74) is 0.627. The SMILES string of the molecule is [2H]N1C([2H])(c2ccccc2)O[C@H](c2ccc(S(C)(=O)=O)cc2)[C@@]1([2H])CF. The lowest BCUT2D eigenvalue weighted by molar-refractivity contribution is 0.0341. The van der Waals surface area contributed by atoms with Gasteiger partial charge in [0.2, 0.25) is 0 Å². The molecule has 0 aliphatic carbocycles. The Morgan fingerprint density at radius 1 is 1.17 bits per heavy atom. The van der Waals surface area contributed by atoms with Gasteiger partial charge in [-0.05, 0) is 23.3 Å². The van der Waals surface area contributed by atoms with E-state index in [1.807, 2.05) is 0 Å². The first-order valence-electron chi connectivity index (χ1n) is 8.46. The van der Waals surface area contributed by atoms with Crippen molar-refractivity contribution in [3.63, 3.8) is 0 Å². The van der Waals surface area contributed by atoms with Crippen LogP contribution in [0.1, 0.15) is 26.2 Å². The first-order chi connectivity index (χ1) is 12.1. The molecule has 0 spiro atoms. The molecule has 3 rings (SSSR count). The summed E-state index contributed by atoms with van der Waals surface area (Å²) < 4.78 is 67.8. The van der Waals surface area contributed by atoms with Crippen LogP contribution in [0.4, 0.5) is 4.39 Å². The number of nitrogens with one attached hydrogen (secondary N) is 1. The Balaban J connectivity index is 2.04. The summed E-state index contributed by atoms with van der Waals surface area (Å²) >= 11 is 0. The molecule has 1 aliphatic heterocycles. The molecule has 1 heterocycles. The number of alkyl halides is 1.